The molecule has 1 N–H and O–H groups in total. The van der Waals surface area contributed by atoms with Gasteiger partial charge in [0.05, 0.1) is 5.56 Å². The molecular weight excluding hydrogens is 314 g/mol. The minimum absolute atomic E-state index is 0.0701. The van der Waals surface area contributed by atoms with Gasteiger partial charge in [-0.3, -0.25) is 4.79 Å². The molecule has 0 saturated carbocycles. The smallest absolute Gasteiger partial charge is 0.252 e. The number of carbonyl (C=O) groups is 1. The molecule has 0 heterocycles. The fourth-order valence-corrected chi connectivity index (χ4v) is 2.40. The molecule has 100 valence electrons. The highest BCUT2D eigenvalue weighted by Gasteiger charge is 2.08. The second kappa shape index (κ2) is 8.56. The molecule has 1 rings (SSSR count). The number of halogens is 1. The Labute approximate surface area is 122 Å². The van der Waals surface area contributed by atoms with Gasteiger partial charge in [0.2, 0.25) is 0 Å². The lowest BCUT2D eigenvalue weighted by atomic mass is 10.2. The number of unbranched alkanes of at least 4 members (excludes halogenated alkanes) is 2. The lowest BCUT2D eigenvalue weighted by molar-refractivity contribution is 0.0950. The Morgan fingerprint density at radius 3 is 2.83 bits per heavy atom. The van der Waals surface area contributed by atoms with Crippen molar-refractivity contribution in [2.24, 2.45) is 0 Å². The van der Waals surface area contributed by atoms with E-state index in [0.717, 1.165) is 30.3 Å². The number of rotatable bonds is 7. The molecule has 1 amide bonds. The minimum Gasteiger partial charge on any atom is -0.385 e. The first kappa shape index (κ1) is 15.5. The molecule has 0 bridgehead atoms. The van der Waals surface area contributed by atoms with Crippen molar-refractivity contribution in [3.8, 4) is 0 Å². The van der Waals surface area contributed by atoms with E-state index < -0.39 is 0 Å². The molecule has 5 heteroatoms. The molecule has 1 aromatic carbocycles. The zero-order valence-corrected chi connectivity index (χ0v) is 12.9. The van der Waals surface area contributed by atoms with Crippen LogP contribution in [0, 0.1) is 0 Å². The molecule has 0 radical (unpaired) electrons. The van der Waals surface area contributed by atoms with Crippen LogP contribution in [0.1, 0.15) is 29.6 Å². The molecule has 0 spiro atoms. The highest BCUT2D eigenvalue weighted by atomic mass is 79.9. The van der Waals surface area contributed by atoms with Crippen LogP contribution in [0.2, 0.25) is 0 Å². The second-order valence-electron chi connectivity index (χ2n) is 3.97. The van der Waals surface area contributed by atoms with E-state index in [2.05, 4.69) is 33.9 Å². The van der Waals surface area contributed by atoms with Crippen LogP contribution in [-0.4, -0.2) is 26.2 Å². The van der Waals surface area contributed by atoms with Crippen molar-refractivity contribution < 1.29 is 9.53 Å². The Morgan fingerprint density at radius 1 is 1.39 bits per heavy atom. The molecule has 3 nitrogen and oxygen atoms in total. The number of carbonyl (C=O) groups excluding carboxylic acids is 1. The van der Waals surface area contributed by atoms with Gasteiger partial charge in [-0.05, 0) is 37.5 Å². The molecule has 0 unspecified atom stereocenters. The van der Waals surface area contributed by atoms with E-state index in [0.29, 0.717) is 17.0 Å². The van der Waals surface area contributed by atoms with Crippen LogP contribution in [-0.2, 0) is 4.74 Å². The third-order valence-corrected chi connectivity index (χ3v) is 3.38. The third kappa shape index (κ3) is 5.42. The van der Waals surface area contributed by atoms with Crippen LogP contribution in [0.3, 0.4) is 0 Å². The normalized spacial score (nSPS) is 10.4. The van der Waals surface area contributed by atoms with E-state index in [1.807, 2.05) is 12.1 Å². The lowest BCUT2D eigenvalue weighted by Gasteiger charge is -2.07. The van der Waals surface area contributed by atoms with E-state index in [4.69, 9.17) is 4.74 Å². The van der Waals surface area contributed by atoms with Gasteiger partial charge in [0.15, 0.2) is 0 Å². The summed E-state index contributed by atoms with van der Waals surface area (Å²) in [6.45, 7) is 1.47. The van der Waals surface area contributed by atoms with Crippen molar-refractivity contribution >= 4 is 34.5 Å². The van der Waals surface area contributed by atoms with Gasteiger partial charge < -0.3 is 10.1 Å². The van der Waals surface area contributed by atoms with Crippen LogP contribution in [0.4, 0.5) is 0 Å². The van der Waals surface area contributed by atoms with Crippen molar-refractivity contribution in [3.05, 3.63) is 28.2 Å². The maximum atomic E-state index is 11.9. The standard InChI is InChI=1S/C13H18BrNO2S/c1-17-8-4-2-3-7-15-13(16)11-6-5-10(14)9-12(11)18/h5-6,9,18H,2-4,7-8H2,1H3,(H,15,16). The number of hydrogen-bond acceptors (Lipinski definition) is 3. The Bertz CT molecular complexity index is 399. The lowest BCUT2D eigenvalue weighted by Crippen LogP contribution is -2.24. The van der Waals surface area contributed by atoms with Gasteiger partial charge in [0.25, 0.3) is 5.91 Å². The minimum atomic E-state index is -0.0701. The van der Waals surface area contributed by atoms with E-state index in [1.54, 1.807) is 13.2 Å². The number of methoxy groups -OCH3 is 1. The van der Waals surface area contributed by atoms with Gasteiger partial charge in [-0.15, -0.1) is 12.6 Å². The molecule has 0 saturated heterocycles. The van der Waals surface area contributed by atoms with Crippen molar-refractivity contribution in [1.29, 1.82) is 0 Å². The highest BCUT2D eigenvalue weighted by molar-refractivity contribution is 9.10. The van der Waals surface area contributed by atoms with Crippen molar-refractivity contribution in [1.82, 2.24) is 5.32 Å². The largest absolute Gasteiger partial charge is 0.385 e. The molecular formula is C13H18BrNO2S. The Morgan fingerprint density at radius 2 is 2.17 bits per heavy atom. The monoisotopic (exact) mass is 331 g/mol. The molecule has 0 atom stereocenters. The van der Waals surface area contributed by atoms with Crippen LogP contribution in [0.15, 0.2) is 27.6 Å². The summed E-state index contributed by atoms with van der Waals surface area (Å²) in [4.78, 5) is 12.5. The Kier molecular flexibility index (Phi) is 7.39. The van der Waals surface area contributed by atoms with E-state index >= 15 is 0 Å². The van der Waals surface area contributed by atoms with E-state index in [-0.39, 0.29) is 5.91 Å². The summed E-state index contributed by atoms with van der Waals surface area (Å²) in [5, 5.41) is 2.89. The number of amides is 1. The van der Waals surface area contributed by atoms with Crippen LogP contribution < -0.4 is 5.32 Å². The number of benzene rings is 1. The van der Waals surface area contributed by atoms with Crippen molar-refractivity contribution in [2.45, 2.75) is 24.2 Å². The van der Waals surface area contributed by atoms with Crippen LogP contribution in [0.25, 0.3) is 0 Å². The molecule has 1 aromatic rings. The van der Waals surface area contributed by atoms with Gasteiger partial charge in [0, 0.05) is 29.6 Å². The van der Waals surface area contributed by atoms with Gasteiger partial charge in [-0.25, -0.2) is 0 Å². The second-order valence-corrected chi connectivity index (χ2v) is 5.37. The first-order valence-electron chi connectivity index (χ1n) is 5.91. The van der Waals surface area contributed by atoms with E-state index in [9.17, 15) is 4.79 Å². The summed E-state index contributed by atoms with van der Waals surface area (Å²) >= 11 is 7.63. The average Bonchev–Trinajstić information content (AvgIpc) is 2.33. The number of nitrogens with one attached hydrogen (secondary N) is 1. The Balaban J connectivity index is 2.32. The first-order valence-corrected chi connectivity index (χ1v) is 7.15. The maximum Gasteiger partial charge on any atom is 0.252 e. The quantitative estimate of drug-likeness (QED) is 0.594. The summed E-state index contributed by atoms with van der Waals surface area (Å²) in [7, 11) is 1.70. The third-order valence-electron chi connectivity index (χ3n) is 2.52. The predicted molar refractivity (Wildman–Crippen MR) is 79.5 cm³/mol. The zero-order valence-electron chi connectivity index (χ0n) is 10.4. The van der Waals surface area contributed by atoms with Gasteiger partial charge in [0.1, 0.15) is 0 Å². The fraction of sp³-hybridized carbons (Fsp3) is 0.462. The van der Waals surface area contributed by atoms with Crippen molar-refractivity contribution in [2.75, 3.05) is 20.3 Å². The summed E-state index contributed by atoms with van der Waals surface area (Å²) in [5.74, 6) is -0.0701. The van der Waals surface area contributed by atoms with Gasteiger partial charge in [-0.2, -0.15) is 0 Å². The molecule has 18 heavy (non-hydrogen) atoms. The van der Waals surface area contributed by atoms with Crippen molar-refractivity contribution in [3.63, 3.8) is 0 Å². The molecule has 0 aromatic heterocycles. The highest BCUT2D eigenvalue weighted by Crippen LogP contribution is 2.19. The molecule has 0 aliphatic heterocycles. The maximum absolute atomic E-state index is 11.9. The number of ether oxygens (including phenoxy) is 1. The first-order chi connectivity index (χ1) is 8.65. The zero-order chi connectivity index (χ0) is 13.4. The Hall–Kier alpha value is -0.520. The van der Waals surface area contributed by atoms with Crippen LogP contribution in [0.5, 0.6) is 0 Å². The summed E-state index contributed by atoms with van der Waals surface area (Å²) in [6, 6.07) is 5.43. The predicted octanol–water partition coefficient (Wildman–Crippen LogP) is 3.28. The van der Waals surface area contributed by atoms with Gasteiger partial charge in [-0.1, -0.05) is 15.9 Å². The molecule has 0 aliphatic carbocycles. The summed E-state index contributed by atoms with van der Waals surface area (Å²) in [6.07, 6.45) is 3.05. The summed E-state index contributed by atoms with van der Waals surface area (Å²) in [5.41, 5.74) is 0.610. The molecule has 0 fully saturated rings. The molecule has 0 aliphatic rings. The number of hydrogen-bond donors (Lipinski definition) is 2. The summed E-state index contributed by atoms with van der Waals surface area (Å²) < 4.78 is 5.88. The average molecular weight is 332 g/mol. The van der Waals surface area contributed by atoms with Gasteiger partial charge >= 0.3 is 0 Å². The topological polar surface area (TPSA) is 38.3 Å². The fourth-order valence-electron chi connectivity index (χ4n) is 1.54. The van der Waals surface area contributed by atoms with Crippen LogP contribution >= 0.6 is 28.6 Å². The van der Waals surface area contributed by atoms with E-state index in [1.165, 1.54) is 0 Å². The SMILES string of the molecule is COCCCCCNC(=O)c1ccc(Br)cc1S. The number of thiol groups is 1.